The first-order valence-corrected chi connectivity index (χ1v) is 5.72. The van der Waals surface area contributed by atoms with Gasteiger partial charge in [0.05, 0.1) is 5.02 Å². The third-order valence-electron chi connectivity index (χ3n) is 2.31. The van der Waals surface area contributed by atoms with E-state index < -0.39 is 6.23 Å². The lowest BCUT2D eigenvalue weighted by Crippen LogP contribution is -2.21. The van der Waals surface area contributed by atoms with E-state index in [2.05, 4.69) is 10.3 Å². The van der Waals surface area contributed by atoms with Crippen molar-refractivity contribution in [2.75, 3.05) is 5.32 Å². The van der Waals surface area contributed by atoms with Crippen molar-refractivity contribution >= 4 is 17.4 Å². The van der Waals surface area contributed by atoms with Gasteiger partial charge in [-0.2, -0.15) is 0 Å². The number of aromatic nitrogens is 1. The maximum absolute atomic E-state index is 9.84. The number of hydrogen-bond acceptors (Lipinski definition) is 3. The molecule has 1 heterocycles. The number of anilines is 1. The average molecular weight is 249 g/mol. The van der Waals surface area contributed by atoms with Gasteiger partial charge in [-0.3, -0.25) is 0 Å². The number of aliphatic hydroxyl groups is 1. The molecule has 1 aromatic heterocycles. The topological polar surface area (TPSA) is 45.1 Å². The Bertz CT molecular complexity index is 459. The molecule has 1 aromatic carbocycles. The van der Waals surface area contributed by atoms with E-state index in [9.17, 15) is 5.11 Å². The van der Waals surface area contributed by atoms with E-state index in [1.54, 1.807) is 18.3 Å². The number of nitrogens with one attached hydrogen (secondary N) is 1. The number of hydrogen-bond donors (Lipinski definition) is 2. The lowest BCUT2D eigenvalue weighted by atomic mass is 10.1. The van der Waals surface area contributed by atoms with Crippen LogP contribution in [0.2, 0.25) is 5.02 Å². The summed E-state index contributed by atoms with van der Waals surface area (Å²) in [4.78, 5) is 4.06. The second kappa shape index (κ2) is 5.66. The zero-order valence-corrected chi connectivity index (χ0v) is 9.93. The second-order valence-corrected chi connectivity index (χ2v) is 4.15. The molecule has 2 N–H and O–H groups in total. The van der Waals surface area contributed by atoms with Crippen molar-refractivity contribution < 1.29 is 5.11 Å². The van der Waals surface area contributed by atoms with Crippen molar-refractivity contribution in [1.82, 2.24) is 4.98 Å². The second-order valence-electron chi connectivity index (χ2n) is 3.71. The van der Waals surface area contributed by atoms with Gasteiger partial charge < -0.3 is 10.4 Å². The van der Waals surface area contributed by atoms with E-state index >= 15 is 0 Å². The minimum Gasteiger partial charge on any atom is -0.373 e. The number of nitrogens with zero attached hydrogens (tertiary/aromatic N) is 1. The summed E-state index contributed by atoms with van der Waals surface area (Å²) < 4.78 is 0. The largest absolute Gasteiger partial charge is 0.373 e. The summed E-state index contributed by atoms with van der Waals surface area (Å²) in [5, 5.41) is 13.3. The van der Waals surface area contributed by atoms with Crippen LogP contribution < -0.4 is 5.32 Å². The Balaban J connectivity index is 1.93. The third kappa shape index (κ3) is 3.73. The molecule has 0 bridgehead atoms. The highest BCUT2D eigenvalue weighted by molar-refractivity contribution is 6.30. The van der Waals surface area contributed by atoms with Crippen LogP contribution in [0.15, 0.2) is 48.7 Å². The molecular formula is C13H13ClN2O. The molecule has 0 aliphatic rings. The summed E-state index contributed by atoms with van der Waals surface area (Å²) in [6, 6.07) is 13.2. The van der Waals surface area contributed by atoms with Gasteiger partial charge in [0.25, 0.3) is 0 Å². The van der Waals surface area contributed by atoms with E-state index in [0.717, 1.165) is 5.56 Å². The molecule has 88 valence electrons. The van der Waals surface area contributed by atoms with Crippen LogP contribution in [-0.2, 0) is 6.42 Å². The third-order valence-corrected chi connectivity index (χ3v) is 2.54. The molecule has 0 radical (unpaired) electrons. The van der Waals surface area contributed by atoms with Gasteiger partial charge in [0, 0.05) is 12.6 Å². The van der Waals surface area contributed by atoms with Crippen molar-refractivity contribution in [1.29, 1.82) is 0 Å². The van der Waals surface area contributed by atoms with Crippen LogP contribution in [0, 0.1) is 0 Å². The van der Waals surface area contributed by atoms with E-state index in [0.29, 0.717) is 17.3 Å². The number of halogens is 1. The Labute approximate surface area is 105 Å². The smallest absolute Gasteiger partial charge is 0.129 e. The van der Waals surface area contributed by atoms with Crippen molar-refractivity contribution in [3.05, 3.63) is 59.2 Å². The number of rotatable bonds is 4. The number of pyridine rings is 1. The van der Waals surface area contributed by atoms with Crippen LogP contribution in [0.25, 0.3) is 0 Å². The van der Waals surface area contributed by atoms with E-state index in [1.807, 2.05) is 30.3 Å². The predicted molar refractivity (Wildman–Crippen MR) is 69.0 cm³/mol. The van der Waals surface area contributed by atoms with Crippen LogP contribution in [0.3, 0.4) is 0 Å². The van der Waals surface area contributed by atoms with Crippen molar-refractivity contribution in [3.8, 4) is 0 Å². The maximum Gasteiger partial charge on any atom is 0.129 e. The van der Waals surface area contributed by atoms with Crippen molar-refractivity contribution in [2.24, 2.45) is 0 Å². The minimum absolute atomic E-state index is 0.533. The number of aliphatic hydroxyl groups excluding tert-OH is 1. The summed E-state index contributed by atoms with van der Waals surface area (Å²) in [5.41, 5.74) is 1.07. The molecule has 1 unspecified atom stereocenters. The molecule has 2 aromatic rings. The quantitative estimate of drug-likeness (QED) is 0.818. The molecule has 2 rings (SSSR count). The van der Waals surface area contributed by atoms with Gasteiger partial charge in [-0.05, 0) is 17.7 Å². The standard InChI is InChI=1S/C13H13ClN2O/c14-11-6-7-12(15-9-11)16-13(17)8-10-4-2-1-3-5-10/h1-7,9,13,17H,8H2,(H,15,16). The number of benzene rings is 1. The fourth-order valence-corrected chi connectivity index (χ4v) is 1.63. The van der Waals surface area contributed by atoms with Crippen LogP contribution in [0.5, 0.6) is 0 Å². The minimum atomic E-state index is -0.661. The van der Waals surface area contributed by atoms with Gasteiger partial charge in [-0.1, -0.05) is 41.9 Å². The Morgan fingerprint density at radius 3 is 2.59 bits per heavy atom. The van der Waals surface area contributed by atoms with E-state index in [1.165, 1.54) is 0 Å². The van der Waals surface area contributed by atoms with Crippen molar-refractivity contribution in [2.45, 2.75) is 12.6 Å². The molecular weight excluding hydrogens is 236 g/mol. The molecule has 0 saturated carbocycles. The Morgan fingerprint density at radius 2 is 1.94 bits per heavy atom. The Kier molecular flexibility index (Phi) is 3.96. The maximum atomic E-state index is 9.84. The molecule has 0 spiro atoms. The van der Waals surface area contributed by atoms with Gasteiger partial charge in [-0.25, -0.2) is 4.98 Å². The summed E-state index contributed by atoms with van der Waals surface area (Å²) in [6.45, 7) is 0. The molecule has 0 aliphatic heterocycles. The van der Waals surface area contributed by atoms with Crippen LogP contribution >= 0.6 is 11.6 Å². The SMILES string of the molecule is OC(Cc1ccccc1)Nc1ccc(Cl)cn1. The summed E-state index contributed by atoms with van der Waals surface area (Å²) in [5.74, 6) is 0.609. The van der Waals surface area contributed by atoms with Crippen LogP contribution in [-0.4, -0.2) is 16.3 Å². The fraction of sp³-hybridized carbons (Fsp3) is 0.154. The Morgan fingerprint density at radius 1 is 1.18 bits per heavy atom. The monoisotopic (exact) mass is 248 g/mol. The normalized spacial score (nSPS) is 12.1. The van der Waals surface area contributed by atoms with E-state index in [-0.39, 0.29) is 0 Å². The molecule has 0 saturated heterocycles. The Hall–Kier alpha value is -1.58. The van der Waals surface area contributed by atoms with Crippen LogP contribution in [0.4, 0.5) is 5.82 Å². The first-order chi connectivity index (χ1) is 8.24. The van der Waals surface area contributed by atoms with Crippen molar-refractivity contribution in [3.63, 3.8) is 0 Å². The van der Waals surface area contributed by atoms with Crippen LogP contribution in [0.1, 0.15) is 5.56 Å². The summed E-state index contributed by atoms with van der Waals surface area (Å²) >= 11 is 5.73. The highest BCUT2D eigenvalue weighted by Crippen LogP contribution is 2.11. The summed E-state index contributed by atoms with van der Waals surface area (Å²) in [7, 11) is 0. The summed E-state index contributed by atoms with van der Waals surface area (Å²) in [6.07, 6.45) is 1.41. The lowest BCUT2D eigenvalue weighted by Gasteiger charge is -2.13. The first kappa shape index (κ1) is 11.9. The van der Waals surface area contributed by atoms with Gasteiger partial charge in [0.15, 0.2) is 0 Å². The molecule has 3 nitrogen and oxygen atoms in total. The zero-order chi connectivity index (χ0) is 12.1. The predicted octanol–water partition coefficient (Wildman–Crippen LogP) is 2.71. The molecule has 0 aliphatic carbocycles. The average Bonchev–Trinajstić information content (AvgIpc) is 2.33. The van der Waals surface area contributed by atoms with Gasteiger partial charge in [-0.15, -0.1) is 0 Å². The molecule has 17 heavy (non-hydrogen) atoms. The molecule has 0 amide bonds. The highest BCUT2D eigenvalue weighted by atomic mass is 35.5. The van der Waals surface area contributed by atoms with Gasteiger partial charge in [0.1, 0.15) is 12.0 Å². The van der Waals surface area contributed by atoms with E-state index in [4.69, 9.17) is 11.6 Å². The first-order valence-electron chi connectivity index (χ1n) is 5.34. The molecule has 4 heteroatoms. The zero-order valence-electron chi connectivity index (χ0n) is 9.18. The fourth-order valence-electron chi connectivity index (χ4n) is 1.52. The van der Waals surface area contributed by atoms with Gasteiger partial charge in [0.2, 0.25) is 0 Å². The van der Waals surface area contributed by atoms with Gasteiger partial charge >= 0.3 is 0 Å². The highest BCUT2D eigenvalue weighted by Gasteiger charge is 2.05. The lowest BCUT2D eigenvalue weighted by molar-refractivity contribution is 0.203. The molecule has 1 atom stereocenters. The molecule has 0 fully saturated rings.